The summed E-state index contributed by atoms with van der Waals surface area (Å²) in [6.45, 7) is 0.846. The molecule has 5 heteroatoms. The van der Waals surface area contributed by atoms with Crippen molar-refractivity contribution in [3.8, 4) is 0 Å². The van der Waals surface area contributed by atoms with Gasteiger partial charge in [-0.1, -0.05) is 0 Å². The first-order chi connectivity index (χ1) is 6.25. The number of hydrogen-bond acceptors (Lipinski definition) is 2. The molecule has 0 fully saturated rings. The highest BCUT2D eigenvalue weighted by molar-refractivity contribution is 9.10. The second kappa shape index (κ2) is 3.77. The Labute approximate surface area is 93.4 Å². The van der Waals surface area contributed by atoms with Gasteiger partial charge in [-0.2, -0.15) is 0 Å². The molecule has 0 aliphatic heterocycles. The molecule has 2 heterocycles. The van der Waals surface area contributed by atoms with Crippen LogP contribution in [0.5, 0.6) is 0 Å². The minimum Gasteiger partial charge on any atom is -0.337 e. The van der Waals surface area contributed by atoms with E-state index in [0.717, 1.165) is 15.8 Å². The zero-order chi connectivity index (χ0) is 9.26. The Morgan fingerprint density at radius 1 is 1.62 bits per heavy atom. The second-order valence-corrected chi connectivity index (χ2v) is 4.92. The van der Waals surface area contributed by atoms with Gasteiger partial charge in [0, 0.05) is 27.1 Å². The van der Waals surface area contributed by atoms with Gasteiger partial charge in [0.15, 0.2) is 4.77 Å². The van der Waals surface area contributed by atoms with Crippen molar-refractivity contribution < 1.29 is 0 Å². The Morgan fingerprint density at radius 2 is 2.46 bits per heavy atom. The molecular weight excluding hydrogens is 268 g/mol. The standard InChI is InChI=1S/C8H7BrN2S2/c9-6-3-7(13-5-6)4-11-2-1-10-8(11)12/h1-3,5H,4H2,(H,10,12). The van der Waals surface area contributed by atoms with Crippen LogP contribution in [0.15, 0.2) is 28.3 Å². The molecule has 0 spiro atoms. The van der Waals surface area contributed by atoms with Crippen molar-refractivity contribution in [2.45, 2.75) is 6.54 Å². The van der Waals surface area contributed by atoms with E-state index in [-0.39, 0.29) is 0 Å². The molecular formula is C8H7BrN2S2. The van der Waals surface area contributed by atoms with Gasteiger partial charge in [0.1, 0.15) is 0 Å². The van der Waals surface area contributed by atoms with Crippen molar-refractivity contribution in [1.29, 1.82) is 0 Å². The lowest BCUT2D eigenvalue weighted by Gasteiger charge is -1.97. The van der Waals surface area contributed by atoms with Crippen LogP contribution in [0.3, 0.4) is 0 Å². The van der Waals surface area contributed by atoms with Crippen LogP contribution in [0.2, 0.25) is 0 Å². The fraction of sp³-hybridized carbons (Fsp3) is 0.125. The minimum atomic E-state index is 0.768. The number of halogens is 1. The second-order valence-electron chi connectivity index (χ2n) is 2.62. The van der Waals surface area contributed by atoms with Gasteiger partial charge < -0.3 is 9.55 Å². The molecule has 0 radical (unpaired) electrons. The van der Waals surface area contributed by atoms with Gasteiger partial charge in [0.25, 0.3) is 0 Å². The highest BCUT2D eigenvalue weighted by atomic mass is 79.9. The molecule has 0 saturated heterocycles. The van der Waals surface area contributed by atoms with E-state index in [4.69, 9.17) is 12.2 Å². The van der Waals surface area contributed by atoms with Crippen molar-refractivity contribution in [2.75, 3.05) is 0 Å². The van der Waals surface area contributed by atoms with Crippen LogP contribution in [-0.4, -0.2) is 9.55 Å². The number of nitrogens with zero attached hydrogens (tertiary/aromatic N) is 1. The first-order valence-corrected chi connectivity index (χ1v) is 5.80. The molecule has 0 aliphatic rings. The zero-order valence-corrected chi connectivity index (χ0v) is 9.88. The molecule has 2 aromatic rings. The van der Waals surface area contributed by atoms with Crippen molar-refractivity contribution in [3.05, 3.63) is 38.0 Å². The van der Waals surface area contributed by atoms with E-state index in [1.54, 1.807) is 11.3 Å². The van der Waals surface area contributed by atoms with Crippen LogP contribution in [0.4, 0.5) is 0 Å². The molecule has 0 bridgehead atoms. The summed E-state index contributed by atoms with van der Waals surface area (Å²) in [4.78, 5) is 4.26. The topological polar surface area (TPSA) is 20.7 Å². The lowest BCUT2D eigenvalue weighted by Crippen LogP contribution is -1.95. The average Bonchev–Trinajstić information content (AvgIpc) is 2.64. The third-order valence-corrected chi connectivity index (χ3v) is 3.70. The normalized spacial score (nSPS) is 10.5. The summed E-state index contributed by atoms with van der Waals surface area (Å²) in [6.07, 6.45) is 3.81. The number of aromatic amines is 1. The van der Waals surface area contributed by atoms with E-state index < -0.39 is 0 Å². The largest absolute Gasteiger partial charge is 0.337 e. The van der Waals surface area contributed by atoms with Gasteiger partial charge in [-0.25, -0.2) is 0 Å². The maximum Gasteiger partial charge on any atom is 0.177 e. The first kappa shape index (κ1) is 9.18. The molecule has 0 amide bonds. The third-order valence-electron chi connectivity index (χ3n) is 1.67. The predicted octanol–water partition coefficient (Wildman–Crippen LogP) is 3.42. The lowest BCUT2D eigenvalue weighted by atomic mass is 10.5. The highest BCUT2D eigenvalue weighted by Gasteiger charge is 1.98. The monoisotopic (exact) mass is 274 g/mol. The molecule has 1 N–H and O–H groups in total. The fourth-order valence-electron chi connectivity index (χ4n) is 1.08. The predicted molar refractivity (Wildman–Crippen MR) is 60.7 cm³/mol. The quantitative estimate of drug-likeness (QED) is 0.833. The summed E-state index contributed by atoms with van der Waals surface area (Å²) in [5, 5.41) is 2.07. The van der Waals surface area contributed by atoms with Crippen molar-refractivity contribution in [3.63, 3.8) is 0 Å². The van der Waals surface area contributed by atoms with Crippen LogP contribution < -0.4 is 0 Å². The minimum absolute atomic E-state index is 0.768. The Kier molecular flexibility index (Phi) is 2.66. The first-order valence-electron chi connectivity index (χ1n) is 3.72. The van der Waals surface area contributed by atoms with Crippen molar-refractivity contribution >= 4 is 39.5 Å². The van der Waals surface area contributed by atoms with Crippen LogP contribution >= 0.6 is 39.5 Å². The van der Waals surface area contributed by atoms with Gasteiger partial charge in [-0.05, 0) is 34.2 Å². The van der Waals surface area contributed by atoms with E-state index >= 15 is 0 Å². The number of imidazole rings is 1. The van der Waals surface area contributed by atoms with E-state index in [0.29, 0.717) is 0 Å². The van der Waals surface area contributed by atoms with Gasteiger partial charge in [-0.15, -0.1) is 11.3 Å². The van der Waals surface area contributed by atoms with Gasteiger partial charge in [-0.3, -0.25) is 0 Å². The van der Waals surface area contributed by atoms with Crippen LogP contribution in [-0.2, 0) is 6.54 Å². The van der Waals surface area contributed by atoms with E-state index in [9.17, 15) is 0 Å². The number of hydrogen-bond donors (Lipinski definition) is 1. The Hall–Kier alpha value is -0.390. The molecule has 2 nitrogen and oxygen atoms in total. The summed E-state index contributed by atoms with van der Waals surface area (Å²) in [5.41, 5.74) is 0. The third kappa shape index (κ3) is 2.10. The van der Waals surface area contributed by atoms with Crippen molar-refractivity contribution in [1.82, 2.24) is 9.55 Å². The van der Waals surface area contributed by atoms with Crippen LogP contribution in [0.25, 0.3) is 0 Å². The van der Waals surface area contributed by atoms with Crippen LogP contribution in [0, 0.1) is 4.77 Å². The summed E-state index contributed by atoms with van der Waals surface area (Å²) in [6, 6.07) is 2.11. The molecule has 0 aromatic carbocycles. The molecule has 13 heavy (non-hydrogen) atoms. The van der Waals surface area contributed by atoms with Crippen molar-refractivity contribution in [2.24, 2.45) is 0 Å². The van der Waals surface area contributed by atoms with E-state index in [1.807, 2.05) is 17.0 Å². The number of nitrogens with one attached hydrogen (secondary N) is 1. The maximum atomic E-state index is 5.09. The Morgan fingerprint density at radius 3 is 3.00 bits per heavy atom. The summed E-state index contributed by atoms with van der Waals surface area (Å²) in [5.74, 6) is 0. The highest BCUT2D eigenvalue weighted by Crippen LogP contribution is 2.20. The van der Waals surface area contributed by atoms with Crippen LogP contribution in [0.1, 0.15) is 4.88 Å². The van der Waals surface area contributed by atoms with E-state index in [2.05, 4.69) is 32.4 Å². The Balaban J connectivity index is 2.24. The number of H-pyrrole nitrogens is 1. The Bertz CT molecular complexity index is 454. The molecule has 2 rings (SSSR count). The SMILES string of the molecule is S=c1[nH]ccn1Cc1cc(Br)cs1. The molecule has 68 valence electrons. The summed E-state index contributed by atoms with van der Waals surface area (Å²) >= 11 is 10.2. The molecule has 0 saturated carbocycles. The summed E-state index contributed by atoms with van der Waals surface area (Å²) < 4.78 is 3.91. The zero-order valence-electron chi connectivity index (χ0n) is 6.66. The number of thiophene rings is 1. The lowest BCUT2D eigenvalue weighted by molar-refractivity contribution is 0.796. The molecule has 2 aromatic heterocycles. The van der Waals surface area contributed by atoms with Gasteiger partial charge in [0.2, 0.25) is 0 Å². The average molecular weight is 275 g/mol. The smallest absolute Gasteiger partial charge is 0.177 e. The maximum absolute atomic E-state index is 5.09. The molecule has 0 atom stereocenters. The van der Waals surface area contributed by atoms with Gasteiger partial charge in [0.05, 0.1) is 6.54 Å². The summed E-state index contributed by atoms with van der Waals surface area (Å²) in [7, 11) is 0. The number of rotatable bonds is 2. The van der Waals surface area contributed by atoms with Gasteiger partial charge >= 0.3 is 0 Å². The number of aromatic nitrogens is 2. The van der Waals surface area contributed by atoms with E-state index in [1.165, 1.54) is 4.88 Å². The fourth-order valence-corrected chi connectivity index (χ4v) is 2.72. The molecule has 0 unspecified atom stereocenters. The molecule has 0 aliphatic carbocycles.